The number of benzene rings is 1. The summed E-state index contributed by atoms with van der Waals surface area (Å²) in [5, 5.41) is 3.41. The van der Waals surface area contributed by atoms with Crippen molar-refractivity contribution in [3.8, 4) is 0 Å². The van der Waals surface area contributed by atoms with Crippen LogP contribution in [0.15, 0.2) is 24.3 Å². The number of para-hydroxylation sites is 1. The van der Waals surface area contributed by atoms with Gasteiger partial charge in [-0.15, -0.1) is 0 Å². The third-order valence-corrected chi connectivity index (χ3v) is 3.75. The first-order valence-corrected chi connectivity index (χ1v) is 7.08. The summed E-state index contributed by atoms with van der Waals surface area (Å²) in [4.78, 5) is 2.37. The lowest BCUT2D eigenvalue weighted by Crippen LogP contribution is -2.34. The number of anilines is 1. The van der Waals surface area contributed by atoms with Crippen molar-refractivity contribution in [2.75, 3.05) is 32.2 Å². The fraction of sp³-hybridized carbons (Fsp3) is 0.625. The summed E-state index contributed by atoms with van der Waals surface area (Å²) in [6.45, 7) is 9.32. The van der Waals surface area contributed by atoms with Crippen LogP contribution >= 0.6 is 0 Å². The van der Waals surface area contributed by atoms with E-state index in [1.54, 1.807) is 7.11 Å². The molecule has 0 radical (unpaired) electrons. The van der Waals surface area contributed by atoms with Crippen molar-refractivity contribution in [2.24, 2.45) is 5.92 Å². The van der Waals surface area contributed by atoms with Gasteiger partial charge in [0.2, 0.25) is 0 Å². The molecule has 1 aromatic rings. The molecule has 0 spiro atoms. The molecule has 0 aliphatic heterocycles. The number of ether oxygens (including phenoxy) is 1. The van der Waals surface area contributed by atoms with Gasteiger partial charge in [-0.05, 0) is 24.5 Å². The molecule has 0 aliphatic carbocycles. The maximum absolute atomic E-state index is 5.05. The second kappa shape index (κ2) is 8.18. The fourth-order valence-corrected chi connectivity index (χ4v) is 2.07. The van der Waals surface area contributed by atoms with Crippen molar-refractivity contribution < 1.29 is 4.74 Å². The predicted molar refractivity (Wildman–Crippen MR) is 82.7 cm³/mol. The van der Waals surface area contributed by atoms with E-state index in [-0.39, 0.29) is 0 Å². The van der Waals surface area contributed by atoms with Crippen LogP contribution in [0.3, 0.4) is 0 Å². The van der Waals surface area contributed by atoms with Crippen LogP contribution in [-0.2, 0) is 11.3 Å². The highest BCUT2D eigenvalue weighted by molar-refractivity contribution is 5.53. The molecule has 1 N–H and O–H groups in total. The van der Waals surface area contributed by atoms with Gasteiger partial charge in [0.15, 0.2) is 0 Å². The Balaban J connectivity index is 2.72. The Morgan fingerprint density at radius 1 is 1.21 bits per heavy atom. The Labute approximate surface area is 118 Å². The zero-order chi connectivity index (χ0) is 14.3. The predicted octanol–water partition coefficient (Wildman–Crippen LogP) is 2.90. The molecule has 0 amide bonds. The summed E-state index contributed by atoms with van der Waals surface area (Å²) >= 11 is 0. The minimum Gasteiger partial charge on any atom is -0.383 e. The minimum atomic E-state index is 0.528. The molecule has 3 nitrogen and oxygen atoms in total. The normalized spacial score (nSPS) is 12.7. The molecule has 3 heteroatoms. The van der Waals surface area contributed by atoms with E-state index >= 15 is 0 Å². The Morgan fingerprint density at radius 2 is 1.89 bits per heavy atom. The average molecular weight is 264 g/mol. The highest BCUT2D eigenvalue weighted by Crippen LogP contribution is 2.23. The van der Waals surface area contributed by atoms with Gasteiger partial charge in [0, 0.05) is 39.0 Å². The van der Waals surface area contributed by atoms with E-state index in [1.807, 2.05) is 0 Å². The van der Waals surface area contributed by atoms with E-state index in [4.69, 9.17) is 4.74 Å². The van der Waals surface area contributed by atoms with E-state index in [0.29, 0.717) is 12.0 Å². The summed E-state index contributed by atoms with van der Waals surface area (Å²) in [6, 6.07) is 9.13. The second-order valence-corrected chi connectivity index (χ2v) is 5.39. The van der Waals surface area contributed by atoms with Crippen LogP contribution in [0.5, 0.6) is 0 Å². The van der Waals surface area contributed by atoms with Crippen LogP contribution in [-0.4, -0.2) is 33.4 Å². The molecule has 1 aromatic carbocycles. The highest BCUT2D eigenvalue weighted by atomic mass is 16.5. The van der Waals surface area contributed by atoms with E-state index in [9.17, 15) is 0 Å². The summed E-state index contributed by atoms with van der Waals surface area (Å²) in [6.07, 6.45) is 0. The molecule has 1 atom stereocenters. The molecule has 19 heavy (non-hydrogen) atoms. The molecule has 108 valence electrons. The van der Waals surface area contributed by atoms with Gasteiger partial charge in [0.25, 0.3) is 0 Å². The lowest BCUT2D eigenvalue weighted by molar-refractivity contribution is 0.199. The van der Waals surface area contributed by atoms with E-state index in [0.717, 1.165) is 19.7 Å². The summed E-state index contributed by atoms with van der Waals surface area (Å²) in [5.41, 5.74) is 2.65. The summed E-state index contributed by atoms with van der Waals surface area (Å²) < 4.78 is 5.05. The first-order chi connectivity index (χ1) is 9.07. The van der Waals surface area contributed by atoms with Gasteiger partial charge in [0.1, 0.15) is 0 Å². The van der Waals surface area contributed by atoms with Gasteiger partial charge < -0.3 is 15.0 Å². The Morgan fingerprint density at radius 3 is 2.53 bits per heavy atom. The lowest BCUT2D eigenvalue weighted by atomic mass is 10.0. The molecule has 0 bridgehead atoms. The number of rotatable bonds is 8. The number of hydrogen-bond donors (Lipinski definition) is 1. The molecule has 0 saturated heterocycles. The maximum Gasteiger partial charge on any atom is 0.0587 e. The summed E-state index contributed by atoms with van der Waals surface area (Å²) in [5.74, 6) is 0.638. The van der Waals surface area contributed by atoms with E-state index in [1.165, 1.54) is 11.3 Å². The standard InChI is InChI=1S/C16H28N2O/c1-13(2)14(3)18(4)16-9-7-6-8-15(16)12-17-10-11-19-5/h6-9,13-14,17H,10-12H2,1-5H3. The van der Waals surface area contributed by atoms with Gasteiger partial charge in [-0.25, -0.2) is 0 Å². The highest BCUT2D eigenvalue weighted by Gasteiger charge is 2.15. The first kappa shape index (κ1) is 16.0. The van der Waals surface area contributed by atoms with Crippen molar-refractivity contribution in [3.63, 3.8) is 0 Å². The lowest BCUT2D eigenvalue weighted by Gasteiger charge is -2.31. The molecule has 0 heterocycles. The SMILES string of the molecule is COCCNCc1ccccc1N(C)C(C)C(C)C. The molecule has 1 rings (SSSR count). The van der Waals surface area contributed by atoms with Crippen molar-refractivity contribution >= 4 is 5.69 Å². The van der Waals surface area contributed by atoms with Gasteiger partial charge in [0.05, 0.1) is 6.61 Å². The van der Waals surface area contributed by atoms with E-state index in [2.05, 4.69) is 62.3 Å². The molecular formula is C16H28N2O. The Hall–Kier alpha value is -1.06. The Bertz CT molecular complexity index is 366. The molecule has 1 unspecified atom stereocenters. The van der Waals surface area contributed by atoms with Crippen LogP contribution in [0.2, 0.25) is 0 Å². The van der Waals surface area contributed by atoms with Gasteiger partial charge in [-0.3, -0.25) is 0 Å². The van der Waals surface area contributed by atoms with E-state index < -0.39 is 0 Å². The Kier molecular flexibility index (Phi) is 6.89. The topological polar surface area (TPSA) is 24.5 Å². The molecule has 0 aliphatic rings. The number of nitrogens with one attached hydrogen (secondary N) is 1. The quantitative estimate of drug-likeness (QED) is 0.731. The first-order valence-electron chi connectivity index (χ1n) is 7.08. The molecular weight excluding hydrogens is 236 g/mol. The van der Waals surface area contributed by atoms with Gasteiger partial charge in [-0.1, -0.05) is 32.0 Å². The second-order valence-electron chi connectivity index (χ2n) is 5.39. The van der Waals surface area contributed by atoms with Gasteiger partial charge in [-0.2, -0.15) is 0 Å². The molecule has 0 saturated carbocycles. The summed E-state index contributed by atoms with van der Waals surface area (Å²) in [7, 11) is 3.91. The number of hydrogen-bond acceptors (Lipinski definition) is 3. The van der Waals surface area contributed by atoms with Crippen LogP contribution in [0.25, 0.3) is 0 Å². The monoisotopic (exact) mass is 264 g/mol. The maximum atomic E-state index is 5.05. The number of methoxy groups -OCH3 is 1. The fourth-order valence-electron chi connectivity index (χ4n) is 2.07. The largest absolute Gasteiger partial charge is 0.383 e. The van der Waals surface area contributed by atoms with Crippen LogP contribution in [0.4, 0.5) is 5.69 Å². The zero-order valence-corrected chi connectivity index (χ0v) is 12.9. The van der Waals surface area contributed by atoms with Crippen LogP contribution in [0, 0.1) is 5.92 Å². The minimum absolute atomic E-state index is 0.528. The third-order valence-electron chi connectivity index (χ3n) is 3.75. The smallest absolute Gasteiger partial charge is 0.0587 e. The zero-order valence-electron chi connectivity index (χ0n) is 12.9. The third kappa shape index (κ3) is 4.84. The molecule has 0 aromatic heterocycles. The average Bonchev–Trinajstić information content (AvgIpc) is 2.42. The number of nitrogens with zero attached hydrogens (tertiary/aromatic N) is 1. The van der Waals surface area contributed by atoms with Crippen LogP contribution in [0.1, 0.15) is 26.3 Å². The van der Waals surface area contributed by atoms with Crippen molar-refractivity contribution in [3.05, 3.63) is 29.8 Å². The molecule has 0 fully saturated rings. The van der Waals surface area contributed by atoms with Crippen LogP contribution < -0.4 is 10.2 Å². The van der Waals surface area contributed by atoms with Gasteiger partial charge >= 0.3 is 0 Å². The van der Waals surface area contributed by atoms with Crippen molar-refractivity contribution in [2.45, 2.75) is 33.4 Å². The van der Waals surface area contributed by atoms with Crippen molar-refractivity contribution in [1.82, 2.24) is 5.32 Å². The van der Waals surface area contributed by atoms with Crippen molar-refractivity contribution in [1.29, 1.82) is 0 Å².